The van der Waals surface area contributed by atoms with E-state index >= 15 is 0 Å². The Bertz CT molecular complexity index is 554. The summed E-state index contributed by atoms with van der Waals surface area (Å²) < 4.78 is 11.4. The van der Waals surface area contributed by atoms with E-state index in [0.29, 0.717) is 15.9 Å². The summed E-state index contributed by atoms with van der Waals surface area (Å²) in [6.07, 6.45) is 1.46. The van der Waals surface area contributed by atoms with E-state index in [9.17, 15) is 4.79 Å². The van der Waals surface area contributed by atoms with Crippen molar-refractivity contribution in [2.75, 3.05) is 18.0 Å². The van der Waals surface area contributed by atoms with Crippen LogP contribution in [-0.2, 0) is 0 Å². The van der Waals surface area contributed by atoms with E-state index in [4.69, 9.17) is 8.83 Å². The lowest BCUT2D eigenvalue weighted by Gasteiger charge is -2.18. The number of anilines is 1. The third kappa shape index (κ3) is 1.75. The summed E-state index contributed by atoms with van der Waals surface area (Å²) in [7, 11) is 0. The Morgan fingerprint density at radius 3 is 2.62 bits per heavy atom. The van der Waals surface area contributed by atoms with Crippen LogP contribution in [0.4, 0.5) is 5.88 Å². The highest BCUT2D eigenvalue weighted by Gasteiger charge is 2.14. The summed E-state index contributed by atoms with van der Waals surface area (Å²) >= 11 is 3.28. The summed E-state index contributed by atoms with van der Waals surface area (Å²) in [5.74, 6) is 0.574. The van der Waals surface area contributed by atoms with Crippen LogP contribution in [0.5, 0.6) is 0 Å². The Kier molecular flexibility index (Phi) is 3.05. The molecule has 2 heterocycles. The second kappa shape index (κ2) is 4.33. The van der Waals surface area contributed by atoms with Crippen LogP contribution in [0.1, 0.15) is 13.8 Å². The number of rotatable bonds is 3. The fraction of sp³-hybridized carbons (Fsp3) is 0.364. The first-order chi connectivity index (χ1) is 7.67. The third-order valence-electron chi connectivity index (χ3n) is 2.46. The Labute approximate surface area is 101 Å². The first-order valence-electron chi connectivity index (χ1n) is 5.13. The number of hydrogen-bond acceptors (Lipinski definition) is 4. The molecule has 5 heteroatoms. The number of fused-ring (bicyclic) bond motifs is 1. The van der Waals surface area contributed by atoms with Crippen LogP contribution in [0.3, 0.4) is 0 Å². The van der Waals surface area contributed by atoms with Crippen molar-refractivity contribution in [3.63, 3.8) is 0 Å². The molecular formula is C11H12BrNO3. The summed E-state index contributed by atoms with van der Waals surface area (Å²) in [5, 5.41) is 0. The van der Waals surface area contributed by atoms with Gasteiger partial charge in [-0.1, -0.05) is 0 Å². The number of halogens is 1. The van der Waals surface area contributed by atoms with Crippen LogP contribution in [0.15, 0.2) is 30.4 Å². The molecule has 0 spiro atoms. The van der Waals surface area contributed by atoms with Gasteiger partial charge in [0.25, 0.3) is 0 Å². The van der Waals surface area contributed by atoms with Gasteiger partial charge in [-0.2, -0.15) is 0 Å². The van der Waals surface area contributed by atoms with E-state index in [2.05, 4.69) is 15.9 Å². The molecule has 0 saturated carbocycles. The topological polar surface area (TPSA) is 46.6 Å². The van der Waals surface area contributed by atoms with Gasteiger partial charge in [0, 0.05) is 13.1 Å². The minimum absolute atomic E-state index is 0.158. The molecule has 2 aromatic rings. The van der Waals surface area contributed by atoms with Crippen LogP contribution < -0.4 is 10.3 Å². The monoisotopic (exact) mass is 285 g/mol. The maximum Gasteiger partial charge on any atom is 0.230 e. The number of nitrogens with zero attached hydrogens (tertiary/aromatic N) is 1. The zero-order valence-corrected chi connectivity index (χ0v) is 10.7. The first-order valence-corrected chi connectivity index (χ1v) is 5.92. The van der Waals surface area contributed by atoms with Gasteiger partial charge >= 0.3 is 0 Å². The second-order valence-corrected chi connectivity index (χ2v) is 4.22. The van der Waals surface area contributed by atoms with E-state index in [0.717, 1.165) is 13.1 Å². The molecule has 0 unspecified atom stereocenters. The van der Waals surface area contributed by atoms with E-state index in [1.807, 2.05) is 18.7 Å². The Morgan fingerprint density at radius 2 is 2.00 bits per heavy atom. The first kappa shape index (κ1) is 11.3. The van der Waals surface area contributed by atoms with Crippen LogP contribution in [0, 0.1) is 0 Å². The quantitative estimate of drug-likeness (QED) is 0.870. The summed E-state index contributed by atoms with van der Waals surface area (Å²) in [4.78, 5) is 13.7. The van der Waals surface area contributed by atoms with Crippen molar-refractivity contribution in [2.24, 2.45) is 0 Å². The SMILES string of the molecule is CCN(CC)c1cc(=O)c2occ(Br)c2o1. The molecule has 2 aromatic heterocycles. The van der Waals surface area contributed by atoms with Gasteiger partial charge in [0.1, 0.15) is 6.26 Å². The molecule has 0 saturated heterocycles. The average Bonchev–Trinajstić information content (AvgIpc) is 2.63. The predicted octanol–water partition coefficient (Wildman–Crippen LogP) is 2.99. The van der Waals surface area contributed by atoms with E-state index in [1.54, 1.807) is 0 Å². The van der Waals surface area contributed by atoms with Crippen LogP contribution in [-0.4, -0.2) is 13.1 Å². The summed E-state index contributed by atoms with van der Waals surface area (Å²) in [6, 6.07) is 1.46. The van der Waals surface area contributed by atoms with Gasteiger partial charge in [-0.25, -0.2) is 0 Å². The van der Waals surface area contributed by atoms with Crippen LogP contribution in [0.25, 0.3) is 11.2 Å². The lowest BCUT2D eigenvalue weighted by Crippen LogP contribution is -2.22. The molecule has 0 fully saturated rings. The standard InChI is InChI=1S/C11H12BrNO3/c1-3-13(4-2)9-5-8(14)11-10(16-9)7(12)6-15-11/h5-6H,3-4H2,1-2H3. The van der Waals surface area contributed by atoms with E-state index in [1.165, 1.54) is 12.3 Å². The molecule has 0 aliphatic carbocycles. The highest BCUT2D eigenvalue weighted by Crippen LogP contribution is 2.27. The molecule has 4 nitrogen and oxygen atoms in total. The Morgan fingerprint density at radius 1 is 1.31 bits per heavy atom. The Balaban J connectivity index is 2.64. The normalized spacial score (nSPS) is 10.9. The van der Waals surface area contributed by atoms with E-state index in [-0.39, 0.29) is 11.0 Å². The fourth-order valence-electron chi connectivity index (χ4n) is 1.59. The van der Waals surface area contributed by atoms with Crippen molar-refractivity contribution in [1.29, 1.82) is 0 Å². The van der Waals surface area contributed by atoms with Crippen molar-refractivity contribution >= 4 is 33.0 Å². The molecule has 0 aliphatic heterocycles. The molecule has 0 radical (unpaired) electrons. The number of hydrogen-bond donors (Lipinski definition) is 0. The zero-order valence-electron chi connectivity index (χ0n) is 9.12. The van der Waals surface area contributed by atoms with E-state index < -0.39 is 0 Å². The third-order valence-corrected chi connectivity index (χ3v) is 3.01. The smallest absolute Gasteiger partial charge is 0.230 e. The molecule has 86 valence electrons. The molecule has 0 N–H and O–H groups in total. The highest BCUT2D eigenvalue weighted by atomic mass is 79.9. The van der Waals surface area contributed by atoms with Gasteiger partial charge in [0.05, 0.1) is 10.5 Å². The average molecular weight is 286 g/mol. The lowest BCUT2D eigenvalue weighted by molar-refractivity contribution is 0.563. The largest absolute Gasteiger partial charge is 0.456 e. The maximum atomic E-state index is 11.7. The van der Waals surface area contributed by atoms with Crippen molar-refractivity contribution in [3.8, 4) is 0 Å². The van der Waals surface area contributed by atoms with Crippen molar-refractivity contribution in [2.45, 2.75) is 13.8 Å². The predicted molar refractivity (Wildman–Crippen MR) is 66.0 cm³/mol. The second-order valence-electron chi connectivity index (χ2n) is 3.36. The summed E-state index contributed by atoms with van der Waals surface area (Å²) in [6.45, 7) is 5.61. The van der Waals surface area contributed by atoms with Crippen molar-refractivity contribution < 1.29 is 8.83 Å². The minimum Gasteiger partial charge on any atom is -0.456 e. The molecule has 0 aliphatic rings. The number of furan rings is 1. The van der Waals surface area contributed by atoms with Gasteiger partial charge in [0.2, 0.25) is 11.0 Å². The maximum absolute atomic E-state index is 11.7. The van der Waals surface area contributed by atoms with Gasteiger partial charge in [0.15, 0.2) is 11.5 Å². The van der Waals surface area contributed by atoms with Gasteiger partial charge in [-0.15, -0.1) is 0 Å². The molecular weight excluding hydrogens is 274 g/mol. The van der Waals surface area contributed by atoms with Crippen molar-refractivity contribution in [3.05, 3.63) is 27.0 Å². The molecule has 16 heavy (non-hydrogen) atoms. The minimum atomic E-state index is -0.158. The highest BCUT2D eigenvalue weighted by molar-refractivity contribution is 9.10. The Hall–Kier alpha value is -1.23. The molecule has 2 rings (SSSR count). The molecule has 0 aromatic carbocycles. The van der Waals surface area contributed by atoms with Crippen LogP contribution in [0.2, 0.25) is 0 Å². The molecule has 0 atom stereocenters. The van der Waals surface area contributed by atoms with Gasteiger partial charge in [-0.05, 0) is 29.8 Å². The molecule has 0 amide bonds. The van der Waals surface area contributed by atoms with Gasteiger partial charge in [-0.3, -0.25) is 4.79 Å². The van der Waals surface area contributed by atoms with Gasteiger partial charge < -0.3 is 13.7 Å². The zero-order chi connectivity index (χ0) is 11.7. The van der Waals surface area contributed by atoms with Crippen molar-refractivity contribution in [1.82, 2.24) is 0 Å². The lowest BCUT2D eigenvalue weighted by atomic mass is 10.4. The van der Waals surface area contributed by atoms with Crippen LogP contribution >= 0.6 is 15.9 Å². The fourth-order valence-corrected chi connectivity index (χ4v) is 1.95. The summed E-state index contributed by atoms with van der Waals surface area (Å²) in [5.41, 5.74) is 0.561. The molecule has 0 bridgehead atoms.